The van der Waals surface area contributed by atoms with Crippen LogP contribution in [0.1, 0.15) is 13.8 Å². The van der Waals surface area contributed by atoms with Gasteiger partial charge in [-0.1, -0.05) is 12.1 Å². The third-order valence-corrected chi connectivity index (χ3v) is 4.49. The molecule has 0 saturated carbocycles. The van der Waals surface area contributed by atoms with Gasteiger partial charge in [-0.25, -0.2) is 4.79 Å². The number of benzene rings is 2. The van der Waals surface area contributed by atoms with Crippen molar-refractivity contribution in [1.29, 1.82) is 0 Å². The first kappa shape index (κ1) is 18.9. The van der Waals surface area contributed by atoms with Crippen LogP contribution in [0.3, 0.4) is 0 Å². The highest BCUT2D eigenvalue weighted by Gasteiger charge is 2.22. The quantitative estimate of drug-likeness (QED) is 0.870. The lowest BCUT2D eigenvalue weighted by atomic mass is 10.2. The molecule has 0 unspecified atom stereocenters. The zero-order valence-electron chi connectivity index (χ0n) is 16.1. The first-order chi connectivity index (χ1) is 13.1. The summed E-state index contributed by atoms with van der Waals surface area (Å²) in [7, 11) is 1.60. The van der Waals surface area contributed by atoms with Gasteiger partial charge >= 0.3 is 6.03 Å². The van der Waals surface area contributed by atoms with Crippen LogP contribution in [0.2, 0.25) is 0 Å². The second-order valence-electron chi connectivity index (χ2n) is 6.77. The lowest BCUT2D eigenvalue weighted by Crippen LogP contribution is -2.50. The molecule has 6 nitrogen and oxygen atoms in total. The lowest BCUT2D eigenvalue weighted by molar-refractivity contribution is 0.208. The van der Waals surface area contributed by atoms with E-state index in [0.717, 1.165) is 24.5 Å². The maximum Gasteiger partial charge on any atom is 0.322 e. The maximum atomic E-state index is 12.6. The van der Waals surface area contributed by atoms with E-state index >= 15 is 0 Å². The smallest absolute Gasteiger partial charge is 0.322 e. The lowest BCUT2D eigenvalue weighted by Gasteiger charge is -2.36. The van der Waals surface area contributed by atoms with Crippen molar-refractivity contribution in [3.63, 3.8) is 0 Å². The molecule has 1 N–H and O–H groups in total. The first-order valence-electron chi connectivity index (χ1n) is 9.27. The van der Waals surface area contributed by atoms with Crippen molar-refractivity contribution < 1.29 is 14.3 Å². The fourth-order valence-electron chi connectivity index (χ4n) is 3.12. The molecule has 3 rings (SSSR count). The fourth-order valence-corrected chi connectivity index (χ4v) is 3.12. The number of urea groups is 1. The molecule has 1 fully saturated rings. The summed E-state index contributed by atoms with van der Waals surface area (Å²) in [5.41, 5.74) is 1.84. The molecule has 6 heteroatoms. The monoisotopic (exact) mass is 369 g/mol. The van der Waals surface area contributed by atoms with E-state index in [9.17, 15) is 4.79 Å². The number of amides is 2. The average Bonchev–Trinajstić information content (AvgIpc) is 2.68. The van der Waals surface area contributed by atoms with Crippen molar-refractivity contribution in [2.75, 3.05) is 43.5 Å². The molecule has 0 atom stereocenters. The van der Waals surface area contributed by atoms with Crippen molar-refractivity contribution in [2.24, 2.45) is 0 Å². The van der Waals surface area contributed by atoms with Crippen molar-refractivity contribution >= 4 is 17.4 Å². The van der Waals surface area contributed by atoms with E-state index in [1.165, 1.54) is 0 Å². The molecule has 0 radical (unpaired) electrons. The molecule has 27 heavy (non-hydrogen) atoms. The minimum Gasteiger partial charge on any atom is -0.495 e. The van der Waals surface area contributed by atoms with Crippen molar-refractivity contribution in [1.82, 2.24) is 4.90 Å². The highest BCUT2D eigenvalue weighted by molar-refractivity contribution is 5.91. The van der Waals surface area contributed by atoms with Gasteiger partial charge in [0.05, 0.1) is 18.9 Å². The number of para-hydroxylation sites is 2. The van der Waals surface area contributed by atoms with Crippen LogP contribution in [0.15, 0.2) is 48.5 Å². The Morgan fingerprint density at radius 1 is 1.00 bits per heavy atom. The summed E-state index contributed by atoms with van der Waals surface area (Å²) in [5, 5.41) is 2.94. The van der Waals surface area contributed by atoms with Gasteiger partial charge in [0.15, 0.2) is 0 Å². The molecule has 0 spiro atoms. The summed E-state index contributed by atoms with van der Waals surface area (Å²) in [6.07, 6.45) is 0.168. The average molecular weight is 369 g/mol. The van der Waals surface area contributed by atoms with Crippen LogP contribution in [0.4, 0.5) is 16.2 Å². The molecule has 2 amide bonds. The molecule has 1 aliphatic rings. The Morgan fingerprint density at radius 3 is 2.30 bits per heavy atom. The summed E-state index contributed by atoms with van der Waals surface area (Å²) in [6, 6.07) is 15.5. The molecule has 0 aromatic heterocycles. The van der Waals surface area contributed by atoms with Crippen LogP contribution in [0, 0.1) is 0 Å². The van der Waals surface area contributed by atoms with Gasteiger partial charge in [0, 0.05) is 31.9 Å². The number of carbonyl (C=O) groups is 1. The van der Waals surface area contributed by atoms with Crippen LogP contribution in [-0.4, -0.2) is 50.3 Å². The number of nitrogens with zero attached hydrogens (tertiary/aromatic N) is 2. The SMILES string of the molecule is COc1ccccc1NC(=O)N1CCN(c2ccc(OC(C)C)cc2)CC1. The van der Waals surface area contributed by atoms with Crippen LogP contribution in [0.25, 0.3) is 0 Å². The number of piperazine rings is 1. The zero-order chi connectivity index (χ0) is 19.2. The third-order valence-electron chi connectivity index (χ3n) is 4.49. The van der Waals surface area contributed by atoms with Crippen molar-refractivity contribution in [2.45, 2.75) is 20.0 Å². The summed E-state index contributed by atoms with van der Waals surface area (Å²) >= 11 is 0. The number of anilines is 2. The number of hydrogen-bond donors (Lipinski definition) is 1. The van der Waals surface area contributed by atoms with Crippen LogP contribution >= 0.6 is 0 Å². The van der Waals surface area contributed by atoms with Gasteiger partial charge < -0.3 is 24.6 Å². The Morgan fingerprint density at radius 2 is 1.67 bits per heavy atom. The zero-order valence-corrected chi connectivity index (χ0v) is 16.1. The largest absolute Gasteiger partial charge is 0.495 e. The van der Waals surface area contributed by atoms with Gasteiger partial charge in [-0.3, -0.25) is 0 Å². The van der Waals surface area contributed by atoms with E-state index in [4.69, 9.17) is 9.47 Å². The predicted molar refractivity (Wildman–Crippen MR) is 108 cm³/mol. The molecule has 1 saturated heterocycles. The predicted octanol–water partition coefficient (Wildman–Crippen LogP) is 3.84. The van der Waals surface area contributed by atoms with E-state index in [2.05, 4.69) is 22.3 Å². The van der Waals surface area contributed by atoms with E-state index in [1.807, 2.05) is 55.1 Å². The van der Waals surface area contributed by atoms with E-state index < -0.39 is 0 Å². The standard InChI is InChI=1S/C21H27N3O3/c1-16(2)27-18-10-8-17(9-11-18)23-12-14-24(15-13-23)21(25)22-19-6-4-5-7-20(19)26-3/h4-11,16H,12-15H2,1-3H3,(H,22,25). The molecule has 144 valence electrons. The van der Waals surface area contributed by atoms with Gasteiger partial charge in [0.25, 0.3) is 0 Å². The molecular weight excluding hydrogens is 342 g/mol. The van der Waals surface area contributed by atoms with Crippen molar-refractivity contribution in [3.05, 3.63) is 48.5 Å². The summed E-state index contributed by atoms with van der Waals surface area (Å²) in [6.45, 7) is 6.97. The van der Waals surface area contributed by atoms with Crippen LogP contribution in [0.5, 0.6) is 11.5 Å². The minimum absolute atomic E-state index is 0.0974. The number of ether oxygens (including phenoxy) is 2. The number of rotatable bonds is 5. The number of nitrogens with one attached hydrogen (secondary N) is 1. The summed E-state index contributed by atoms with van der Waals surface area (Å²) in [4.78, 5) is 16.7. The Labute approximate surface area is 160 Å². The van der Waals surface area contributed by atoms with Crippen LogP contribution in [-0.2, 0) is 0 Å². The molecule has 1 heterocycles. The van der Waals surface area contributed by atoms with Gasteiger partial charge in [-0.15, -0.1) is 0 Å². The summed E-state index contributed by atoms with van der Waals surface area (Å²) in [5.74, 6) is 1.54. The molecule has 2 aromatic rings. The molecule has 2 aromatic carbocycles. The summed E-state index contributed by atoms with van der Waals surface area (Å²) < 4.78 is 11.0. The number of carbonyl (C=O) groups excluding carboxylic acids is 1. The van der Waals surface area contributed by atoms with Gasteiger partial charge in [-0.05, 0) is 50.2 Å². The van der Waals surface area contributed by atoms with Crippen LogP contribution < -0.4 is 19.7 Å². The highest BCUT2D eigenvalue weighted by atomic mass is 16.5. The Bertz CT molecular complexity index is 754. The minimum atomic E-state index is -0.0974. The van der Waals surface area contributed by atoms with Gasteiger partial charge in [-0.2, -0.15) is 0 Å². The van der Waals surface area contributed by atoms with Gasteiger partial charge in [0.1, 0.15) is 11.5 Å². The molecule has 0 aliphatic carbocycles. The Hall–Kier alpha value is -2.89. The fraction of sp³-hybridized carbons (Fsp3) is 0.381. The highest BCUT2D eigenvalue weighted by Crippen LogP contribution is 2.24. The second-order valence-corrected chi connectivity index (χ2v) is 6.77. The molecular formula is C21H27N3O3. The first-order valence-corrected chi connectivity index (χ1v) is 9.27. The Balaban J connectivity index is 1.54. The van der Waals surface area contributed by atoms with Gasteiger partial charge in [0.2, 0.25) is 0 Å². The number of hydrogen-bond acceptors (Lipinski definition) is 4. The third kappa shape index (κ3) is 4.84. The number of methoxy groups -OCH3 is 1. The van der Waals surface area contributed by atoms with E-state index in [-0.39, 0.29) is 12.1 Å². The van der Waals surface area contributed by atoms with E-state index in [1.54, 1.807) is 7.11 Å². The normalized spacial score (nSPS) is 14.2. The van der Waals surface area contributed by atoms with Crippen molar-refractivity contribution in [3.8, 4) is 11.5 Å². The maximum absolute atomic E-state index is 12.6. The second kappa shape index (κ2) is 8.66. The van der Waals surface area contributed by atoms with E-state index in [0.29, 0.717) is 24.5 Å². The Kier molecular flexibility index (Phi) is 6.06. The molecule has 1 aliphatic heterocycles. The topological polar surface area (TPSA) is 54.0 Å². The molecule has 0 bridgehead atoms.